The highest BCUT2D eigenvalue weighted by Gasteiger charge is 1.95. The summed E-state index contributed by atoms with van der Waals surface area (Å²) in [5.74, 6) is 0. The zero-order valence-corrected chi connectivity index (χ0v) is 4.49. The predicted molar refractivity (Wildman–Crippen MR) is 29.6 cm³/mol. The molecule has 2 radical (unpaired) electrons. The first kappa shape index (κ1) is 4.85. The monoisotopic (exact) mass is 95.1 g/mol. The number of hydrogen-bond acceptors (Lipinski definition) is 1. The maximum absolute atomic E-state index is 3.02. The molecule has 1 N–H and O–H groups in total. The van der Waals surface area contributed by atoms with E-state index in [2.05, 4.69) is 24.9 Å². The van der Waals surface area contributed by atoms with Crippen molar-refractivity contribution in [1.82, 2.24) is 5.32 Å². The van der Waals surface area contributed by atoms with Crippen LogP contribution < -0.4 is 5.32 Å². The lowest BCUT2D eigenvalue weighted by Gasteiger charge is -2.06. The molecule has 0 aromatic rings. The first-order valence-corrected chi connectivity index (χ1v) is 2.51. The van der Waals surface area contributed by atoms with E-state index in [9.17, 15) is 0 Å². The van der Waals surface area contributed by atoms with E-state index >= 15 is 0 Å². The van der Waals surface area contributed by atoms with E-state index < -0.39 is 0 Å². The lowest BCUT2D eigenvalue weighted by Crippen LogP contribution is -2.14. The quantitative estimate of drug-likeness (QED) is 0.442. The van der Waals surface area contributed by atoms with Crippen LogP contribution in [0.15, 0.2) is 11.6 Å². The molecule has 0 saturated carbocycles. The minimum atomic E-state index is 0.964. The molecule has 0 spiro atoms. The van der Waals surface area contributed by atoms with Gasteiger partial charge in [0.2, 0.25) is 0 Å². The van der Waals surface area contributed by atoms with Gasteiger partial charge in [-0.25, -0.2) is 0 Å². The third-order valence-electron chi connectivity index (χ3n) is 1.04. The van der Waals surface area contributed by atoms with Crippen molar-refractivity contribution < 1.29 is 0 Å². The molecule has 0 fully saturated rings. The summed E-state index contributed by atoms with van der Waals surface area (Å²) < 4.78 is 0. The standard InChI is InChI=1S/C6H9N/c1-6-2-4-7-5-3-6/h2,7H,3-4H2,1H3. The van der Waals surface area contributed by atoms with Crippen LogP contribution in [0.2, 0.25) is 0 Å². The van der Waals surface area contributed by atoms with Crippen molar-refractivity contribution in [1.29, 1.82) is 0 Å². The predicted octanol–water partition coefficient (Wildman–Crippen LogP) is 0.965. The molecular weight excluding hydrogens is 86.1 g/mol. The minimum absolute atomic E-state index is 0.964. The van der Waals surface area contributed by atoms with Gasteiger partial charge in [0.25, 0.3) is 0 Å². The van der Waals surface area contributed by atoms with Crippen molar-refractivity contribution in [2.75, 3.05) is 6.54 Å². The third-order valence-corrected chi connectivity index (χ3v) is 1.04. The van der Waals surface area contributed by atoms with Gasteiger partial charge in [-0.05, 0) is 13.3 Å². The Kier molecular flexibility index (Phi) is 1.47. The number of nitrogens with one attached hydrogen (secondary N) is 1. The Morgan fingerprint density at radius 1 is 1.86 bits per heavy atom. The van der Waals surface area contributed by atoms with Gasteiger partial charge >= 0.3 is 0 Å². The topological polar surface area (TPSA) is 12.0 Å². The van der Waals surface area contributed by atoms with Gasteiger partial charge in [0.1, 0.15) is 0 Å². The van der Waals surface area contributed by atoms with Gasteiger partial charge in [0.15, 0.2) is 0 Å². The van der Waals surface area contributed by atoms with Crippen LogP contribution in [0.3, 0.4) is 0 Å². The summed E-state index contributed by atoms with van der Waals surface area (Å²) in [6, 6.07) is 0. The second-order valence-corrected chi connectivity index (χ2v) is 1.78. The van der Waals surface area contributed by atoms with Crippen molar-refractivity contribution in [3.8, 4) is 0 Å². The van der Waals surface area contributed by atoms with Gasteiger partial charge in [-0.15, -0.1) is 0 Å². The first-order valence-electron chi connectivity index (χ1n) is 2.51. The molecule has 0 atom stereocenters. The van der Waals surface area contributed by atoms with Crippen LogP contribution in [-0.2, 0) is 0 Å². The lowest BCUT2D eigenvalue weighted by molar-refractivity contribution is 0.800. The van der Waals surface area contributed by atoms with Crippen molar-refractivity contribution >= 4 is 0 Å². The fourth-order valence-electron chi connectivity index (χ4n) is 0.572. The molecule has 1 aliphatic rings. The fraction of sp³-hybridized carbons (Fsp3) is 0.500. The molecule has 0 unspecified atom stereocenters. The zero-order valence-electron chi connectivity index (χ0n) is 4.49. The Hall–Kier alpha value is -0.300. The Labute approximate surface area is 44.4 Å². The smallest absolute Gasteiger partial charge is 0.0632 e. The van der Waals surface area contributed by atoms with Gasteiger partial charge in [0.05, 0.1) is 6.54 Å². The lowest BCUT2D eigenvalue weighted by atomic mass is 10.1. The maximum atomic E-state index is 3.02. The van der Waals surface area contributed by atoms with E-state index in [1.807, 2.05) is 0 Å². The molecule has 1 heteroatoms. The van der Waals surface area contributed by atoms with Gasteiger partial charge in [-0.2, -0.15) is 0 Å². The molecule has 0 amide bonds. The summed E-state index contributed by atoms with van der Waals surface area (Å²) in [6.07, 6.45) is 3.16. The molecule has 0 aromatic carbocycles. The van der Waals surface area contributed by atoms with E-state index in [0.29, 0.717) is 0 Å². The Morgan fingerprint density at radius 2 is 2.71 bits per heavy atom. The average molecular weight is 95.1 g/mol. The zero-order chi connectivity index (χ0) is 5.11. The summed E-state index contributed by atoms with van der Waals surface area (Å²) in [5, 5.41) is 2.99. The van der Waals surface area contributed by atoms with Gasteiger partial charge in [0, 0.05) is 6.54 Å². The molecule has 0 bridgehead atoms. The summed E-state index contributed by atoms with van der Waals surface area (Å²) in [7, 11) is 0. The van der Waals surface area contributed by atoms with E-state index in [1.165, 1.54) is 5.57 Å². The SMILES string of the molecule is CC1=CCN[C]C1. The van der Waals surface area contributed by atoms with Crippen LogP contribution in [0.1, 0.15) is 13.3 Å². The van der Waals surface area contributed by atoms with Crippen molar-refractivity contribution in [3.05, 3.63) is 18.2 Å². The molecule has 0 saturated heterocycles. The third kappa shape index (κ3) is 1.32. The fourth-order valence-corrected chi connectivity index (χ4v) is 0.572. The van der Waals surface area contributed by atoms with Gasteiger partial charge in [-0.3, -0.25) is 0 Å². The second kappa shape index (κ2) is 2.12. The normalized spacial score (nSPS) is 21.6. The number of rotatable bonds is 0. The van der Waals surface area contributed by atoms with E-state index in [-0.39, 0.29) is 0 Å². The highest BCUT2D eigenvalue weighted by Crippen LogP contribution is 2.03. The van der Waals surface area contributed by atoms with Crippen LogP contribution in [0.4, 0.5) is 0 Å². The van der Waals surface area contributed by atoms with Gasteiger partial charge < -0.3 is 5.32 Å². The summed E-state index contributed by atoms with van der Waals surface area (Å²) in [4.78, 5) is 0. The second-order valence-electron chi connectivity index (χ2n) is 1.78. The minimum Gasteiger partial charge on any atom is -0.304 e. The summed E-state index contributed by atoms with van der Waals surface area (Å²) in [5.41, 5.74) is 1.42. The molecule has 38 valence electrons. The molecule has 1 heterocycles. The molecule has 1 aliphatic heterocycles. The maximum Gasteiger partial charge on any atom is 0.0632 e. The van der Waals surface area contributed by atoms with Crippen LogP contribution in [0.25, 0.3) is 0 Å². The Balaban J connectivity index is 2.40. The van der Waals surface area contributed by atoms with Crippen molar-refractivity contribution in [2.45, 2.75) is 13.3 Å². The highest BCUT2D eigenvalue weighted by molar-refractivity contribution is 5.06. The largest absolute Gasteiger partial charge is 0.304 e. The van der Waals surface area contributed by atoms with Crippen LogP contribution in [0.5, 0.6) is 0 Å². The van der Waals surface area contributed by atoms with Gasteiger partial charge in [-0.1, -0.05) is 11.6 Å². The highest BCUT2D eigenvalue weighted by atomic mass is 14.8. The van der Waals surface area contributed by atoms with Crippen LogP contribution >= 0.6 is 0 Å². The molecular formula is C6H9N. The van der Waals surface area contributed by atoms with Crippen LogP contribution in [-0.4, -0.2) is 6.54 Å². The van der Waals surface area contributed by atoms with Crippen LogP contribution in [0, 0.1) is 6.54 Å². The van der Waals surface area contributed by atoms with Crippen molar-refractivity contribution in [3.63, 3.8) is 0 Å². The van der Waals surface area contributed by atoms with E-state index in [0.717, 1.165) is 13.0 Å². The van der Waals surface area contributed by atoms with E-state index in [4.69, 9.17) is 0 Å². The Morgan fingerprint density at radius 3 is 3.00 bits per heavy atom. The molecule has 0 aliphatic carbocycles. The molecule has 7 heavy (non-hydrogen) atoms. The first-order chi connectivity index (χ1) is 3.39. The molecule has 1 rings (SSSR count). The number of hydrogen-bond donors (Lipinski definition) is 1. The average Bonchev–Trinajstić information content (AvgIpc) is 1.69. The molecule has 1 nitrogen and oxygen atoms in total. The van der Waals surface area contributed by atoms with E-state index in [1.54, 1.807) is 0 Å². The van der Waals surface area contributed by atoms with Crippen molar-refractivity contribution in [2.24, 2.45) is 0 Å². The Bertz CT molecular complexity index is 84.2. The summed E-state index contributed by atoms with van der Waals surface area (Å²) >= 11 is 0. The molecule has 0 aromatic heterocycles. The summed E-state index contributed by atoms with van der Waals surface area (Å²) in [6.45, 7) is 6.10.